The maximum Gasteiger partial charge on any atom is 0.413 e. The summed E-state index contributed by atoms with van der Waals surface area (Å²) < 4.78 is 31.6. The molecule has 5 nitrogen and oxygen atoms in total. The summed E-state index contributed by atoms with van der Waals surface area (Å²) in [7, 11) is 1.23. The molecule has 1 amide bonds. The normalized spacial score (nSPS) is 18.3. The molecule has 0 spiro atoms. The molecule has 19 heavy (non-hydrogen) atoms. The molecule has 1 aliphatic rings. The molecule has 0 saturated carbocycles. The van der Waals surface area contributed by atoms with Crippen LogP contribution in [0.25, 0.3) is 0 Å². The van der Waals surface area contributed by atoms with Crippen molar-refractivity contribution in [2.75, 3.05) is 20.2 Å². The average Bonchev–Trinajstić information content (AvgIpc) is 2.40. The summed E-state index contributed by atoms with van der Waals surface area (Å²) in [5, 5.41) is 5.15. The first-order valence-electron chi connectivity index (χ1n) is 5.69. The predicted octanol–water partition coefficient (Wildman–Crippen LogP) is 1.36. The molecular formula is C12H13F2N3O2. The summed E-state index contributed by atoms with van der Waals surface area (Å²) in [4.78, 5) is 15.0. The first-order valence-corrected chi connectivity index (χ1v) is 5.69. The molecule has 0 radical (unpaired) electrons. The zero-order chi connectivity index (χ0) is 13.8. The maximum absolute atomic E-state index is 13.6. The summed E-state index contributed by atoms with van der Waals surface area (Å²) in [5.41, 5.74) is 0.0101. The van der Waals surface area contributed by atoms with Crippen molar-refractivity contribution in [3.8, 4) is 0 Å². The summed E-state index contributed by atoms with van der Waals surface area (Å²) in [6.07, 6.45) is -0.651. The van der Waals surface area contributed by atoms with E-state index in [1.165, 1.54) is 25.3 Å². The highest BCUT2D eigenvalue weighted by atomic mass is 19.1. The predicted molar refractivity (Wildman–Crippen MR) is 64.9 cm³/mol. The Morgan fingerprint density at radius 2 is 2.16 bits per heavy atom. The molecule has 0 aromatic heterocycles. The van der Waals surface area contributed by atoms with Crippen LogP contribution in [-0.4, -0.2) is 32.3 Å². The van der Waals surface area contributed by atoms with Crippen LogP contribution in [-0.2, 0) is 4.74 Å². The van der Waals surface area contributed by atoms with Crippen LogP contribution in [0.1, 0.15) is 11.5 Å². The third-order valence-corrected chi connectivity index (χ3v) is 2.80. The number of nitrogens with zero attached hydrogens (tertiary/aromatic N) is 1. The topological polar surface area (TPSA) is 62.7 Å². The van der Waals surface area contributed by atoms with Crippen LogP contribution in [0.2, 0.25) is 0 Å². The van der Waals surface area contributed by atoms with Crippen LogP contribution in [0, 0.1) is 11.6 Å². The van der Waals surface area contributed by atoms with Gasteiger partial charge in [0, 0.05) is 18.0 Å². The van der Waals surface area contributed by atoms with Crippen LogP contribution in [0.5, 0.6) is 0 Å². The van der Waals surface area contributed by atoms with Gasteiger partial charge in [0.05, 0.1) is 13.7 Å². The number of rotatable bonds is 1. The number of benzene rings is 1. The minimum atomic E-state index is -0.651. The van der Waals surface area contributed by atoms with Gasteiger partial charge in [0.25, 0.3) is 0 Å². The van der Waals surface area contributed by atoms with Crippen molar-refractivity contribution in [3.05, 3.63) is 35.4 Å². The molecule has 1 aromatic rings. The van der Waals surface area contributed by atoms with E-state index in [0.29, 0.717) is 0 Å². The van der Waals surface area contributed by atoms with Gasteiger partial charge in [-0.25, -0.2) is 13.6 Å². The van der Waals surface area contributed by atoms with Crippen LogP contribution >= 0.6 is 0 Å². The van der Waals surface area contributed by atoms with Crippen molar-refractivity contribution in [1.29, 1.82) is 0 Å². The highest BCUT2D eigenvalue weighted by Gasteiger charge is 2.23. The third kappa shape index (κ3) is 2.98. The van der Waals surface area contributed by atoms with Crippen LogP contribution < -0.4 is 10.6 Å². The fraction of sp³-hybridized carbons (Fsp3) is 0.333. The van der Waals surface area contributed by atoms with E-state index in [-0.39, 0.29) is 24.6 Å². The number of hydrogen-bond donors (Lipinski definition) is 2. The van der Waals surface area contributed by atoms with Crippen molar-refractivity contribution in [1.82, 2.24) is 10.6 Å². The van der Waals surface area contributed by atoms with E-state index < -0.39 is 23.6 Å². The summed E-state index contributed by atoms with van der Waals surface area (Å²) in [5.74, 6) is -1.36. The molecule has 0 fully saturated rings. The van der Waals surface area contributed by atoms with Crippen molar-refractivity contribution in [3.63, 3.8) is 0 Å². The largest absolute Gasteiger partial charge is 0.453 e. The molecule has 1 atom stereocenters. The quantitative estimate of drug-likeness (QED) is 0.809. The molecule has 1 aliphatic heterocycles. The lowest BCUT2D eigenvalue weighted by molar-refractivity contribution is 0.176. The van der Waals surface area contributed by atoms with Gasteiger partial charge in [-0.05, 0) is 12.1 Å². The highest BCUT2D eigenvalue weighted by Crippen LogP contribution is 2.23. The number of carbonyl (C=O) groups excluding carboxylic acids is 1. The summed E-state index contributed by atoms with van der Waals surface area (Å²) in [6.45, 7) is 0.463. The highest BCUT2D eigenvalue weighted by molar-refractivity contribution is 5.94. The SMILES string of the molecule is COC(=O)NC1=NCC(c2c(F)cccc2F)CN1. The Hall–Kier alpha value is -2.18. The average molecular weight is 269 g/mol. The standard InChI is InChI=1S/C12H13F2N3O2/c1-19-12(18)17-11-15-5-7(6-16-11)10-8(13)3-2-4-9(10)14/h2-4,7H,5-6H2,1H3,(H2,15,16,17,18). The van der Waals surface area contributed by atoms with Crippen molar-refractivity contribution < 1.29 is 18.3 Å². The molecule has 1 unspecified atom stereocenters. The van der Waals surface area contributed by atoms with E-state index in [4.69, 9.17) is 0 Å². The van der Waals surface area contributed by atoms with Gasteiger partial charge < -0.3 is 10.1 Å². The van der Waals surface area contributed by atoms with E-state index in [2.05, 4.69) is 20.4 Å². The zero-order valence-electron chi connectivity index (χ0n) is 10.2. The van der Waals surface area contributed by atoms with Crippen molar-refractivity contribution >= 4 is 12.1 Å². The number of carbonyl (C=O) groups is 1. The fourth-order valence-electron chi connectivity index (χ4n) is 1.87. The lowest BCUT2D eigenvalue weighted by Gasteiger charge is -2.23. The van der Waals surface area contributed by atoms with E-state index in [0.717, 1.165) is 0 Å². The monoisotopic (exact) mass is 269 g/mol. The second kappa shape index (κ2) is 5.64. The smallest absolute Gasteiger partial charge is 0.413 e. The minimum Gasteiger partial charge on any atom is -0.453 e. The number of amides is 1. The van der Waals surface area contributed by atoms with Gasteiger partial charge in [0.1, 0.15) is 11.6 Å². The number of guanidine groups is 1. The molecule has 2 rings (SSSR count). The first kappa shape index (κ1) is 13.3. The van der Waals surface area contributed by atoms with Gasteiger partial charge in [0.2, 0.25) is 5.96 Å². The number of aliphatic imine (C=N–C) groups is 1. The van der Waals surface area contributed by atoms with Crippen LogP contribution in [0.4, 0.5) is 13.6 Å². The Kier molecular flexibility index (Phi) is 3.94. The fourth-order valence-corrected chi connectivity index (χ4v) is 1.87. The molecule has 2 N–H and O–H groups in total. The first-order chi connectivity index (χ1) is 9.11. The van der Waals surface area contributed by atoms with E-state index >= 15 is 0 Å². The molecule has 102 valence electrons. The van der Waals surface area contributed by atoms with Gasteiger partial charge in [-0.3, -0.25) is 10.3 Å². The van der Waals surface area contributed by atoms with E-state index in [1.807, 2.05) is 0 Å². The maximum atomic E-state index is 13.6. The second-order valence-electron chi connectivity index (χ2n) is 4.02. The Bertz CT molecular complexity index is 499. The number of methoxy groups -OCH3 is 1. The van der Waals surface area contributed by atoms with Crippen molar-refractivity contribution in [2.45, 2.75) is 5.92 Å². The number of hydrogen-bond acceptors (Lipinski definition) is 4. The summed E-state index contributed by atoms with van der Waals surface area (Å²) in [6, 6.07) is 3.74. The molecule has 0 aliphatic carbocycles. The Labute approximate surface area is 108 Å². The van der Waals surface area contributed by atoms with E-state index in [1.54, 1.807) is 0 Å². The molecule has 1 aromatic carbocycles. The number of halogens is 2. The van der Waals surface area contributed by atoms with Gasteiger partial charge in [0.15, 0.2) is 0 Å². The second-order valence-corrected chi connectivity index (χ2v) is 4.02. The summed E-state index contributed by atoms with van der Waals surface area (Å²) >= 11 is 0. The van der Waals surface area contributed by atoms with E-state index in [9.17, 15) is 13.6 Å². The van der Waals surface area contributed by atoms with Gasteiger partial charge in [-0.15, -0.1) is 0 Å². The van der Waals surface area contributed by atoms with Gasteiger partial charge in [-0.1, -0.05) is 6.07 Å². The minimum absolute atomic E-state index is 0.0101. The Morgan fingerprint density at radius 1 is 1.47 bits per heavy atom. The third-order valence-electron chi connectivity index (χ3n) is 2.80. The molecule has 0 bridgehead atoms. The molecular weight excluding hydrogens is 256 g/mol. The lowest BCUT2D eigenvalue weighted by atomic mass is 9.97. The molecule has 0 saturated heterocycles. The zero-order valence-corrected chi connectivity index (χ0v) is 10.2. The van der Waals surface area contributed by atoms with Crippen molar-refractivity contribution in [2.24, 2.45) is 4.99 Å². The Morgan fingerprint density at radius 3 is 2.68 bits per heavy atom. The molecule has 1 heterocycles. The number of nitrogens with one attached hydrogen (secondary N) is 2. The number of ether oxygens (including phenoxy) is 1. The van der Waals surface area contributed by atoms with Crippen LogP contribution in [0.3, 0.4) is 0 Å². The number of alkyl carbamates (subject to hydrolysis) is 1. The van der Waals surface area contributed by atoms with Gasteiger partial charge >= 0.3 is 6.09 Å². The Balaban J connectivity index is 2.09. The lowest BCUT2D eigenvalue weighted by Crippen LogP contribution is -2.46. The van der Waals surface area contributed by atoms with Gasteiger partial charge in [-0.2, -0.15) is 0 Å². The van der Waals surface area contributed by atoms with Crippen LogP contribution in [0.15, 0.2) is 23.2 Å². The molecule has 7 heteroatoms.